The molecule has 216 valence electrons. The van der Waals surface area contributed by atoms with Crippen LogP contribution in [0.5, 0.6) is 11.5 Å². The zero-order valence-corrected chi connectivity index (χ0v) is 23.9. The maximum absolute atomic E-state index is 13.3. The number of amides is 2. The largest absolute Gasteiger partial charge is 0.483 e. The van der Waals surface area contributed by atoms with E-state index in [1.165, 1.54) is 11.0 Å². The van der Waals surface area contributed by atoms with Crippen molar-refractivity contribution in [2.24, 2.45) is 0 Å². The third-order valence-electron chi connectivity index (χ3n) is 7.41. The number of benzene rings is 3. The minimum Gasteiger partial charge on any atom is -0.483 e. The van der Waals surface area contributed by atoms with Crippen molar-refractivity contribution in [1.29, 1.82) is 0 Å². The lowest BCUT2D eigenvalue weighted by molar-refractivity contribution is -0.128. The molecule has 1 aliphatic carbocycles. The summed E-state index contributed by atoms with van der Waals surface area (Å²) < 4.78 is 40.4. The number of aryl methyl sites for hydroxylation is 1. The van der Waals surface area contributed by atoms with Crippen molar-refractivity contribution in [3.05, 3.63) is 83.9 Å². The van der Waals surface area contributed by atoms with Crippen LogP contribution in [0.2, 0.25) is 0 Å². The lowest BCUT2D eigenvalue weighted by Gasteiger charge is -2.34. The fourth-order valence-corrected chi connectivity index (χ4v) is 6.57. The van der Waals surface area contributed by atoms with E-state index in [4.69, 9.17) is 9.47 Å². The molecule has 3 aromatic rings. The first-order valence-electron chi connectivity index (χ1n) is 13.9. The fourth-order valence-electron chi connectivity index (χ4n) is 5.18. The van der Waals surface area contributed by atoms with E-state index in [9.17, 15) is 18.0 Å². The summed E-state index contributed by atoms with van der Waals surface area (Å²) in [5.74, 6) is 0.171. The third kappa shape index (κ3) is 7.07. The minimum atomic E-state index is -3.65. The van der Waals surface area contributed by atoms with Crippen molar-refractivity contribution >= 4 is 27.5 Å². The second-order valence-electron chi connectivity index (χ2n) is 10.5. The van der Waals surface area contributed by atoms with Crippen LogP contribution in [0, 0.1) is 6.92 Å². The van der Waals surface area contributed by atoms with Gasteiger partial charge in [-0.05, 0) is 61.2 Å². The Morgan fingerprint density at radius 2 is 1.71 bits per heavy atom. The van der Waals surface area contributed by atoms with E-state index < -0.39 is 16.1 Å². The Hall–Kier alpha value is -3.89. The third-order valence-corrected chi connectivity index (χ3v) is 8.93. The number of nitrogens with one attached hydrogen (secondary N) is 2. The Morgan fingerprint density at radius 3 is 2.46 bits per heavy atom. The van der Waals surface area contributed by atoms with E-state index in [2.05, 4.69) is 10.0 Å². The molecular formula is C31H35N3O6S. The molecule has 0 saturated heterocycles. The monoisotopic (exact) mass is 577 g/mol. The molecule has 9 nitrogen and oxygen atoms in total. The zero-order chi connectivity index (χ0) is 28.8. The molecule has 2 N–H and O–H groups in total. The molecular weight excluding hydrogens is 542 g/mol. The van der Waals surface area contributed by atoms with Gasteiger partial charge in [0, 0.05) is 12.6 Å². The first-order valence-corrected chi connectivity index (χ1v) is 15.4. The maximum Gasteiger partial charge on any atom is 0.265 e. The SMILES string of the molecule is Cc1cc(S(=O)(=O)NC2CCCCC2)ccc1OCC(=O)N1C[C@H](C(=O)NCc2ccccc2)Oc2ccccc21. The van der Waals surface area contributed by atoms with Gasteiger partial charge in [-0.2, -0.15) is 0 Å². The molecule has 1 heterocycles. The Balaban J connectivity index is 1.23. The summed E-state index contributed by atoms with van der Waals surface area (Å²) >= 11 is 0. The van der Waals surface area contributed by atoms with Gasteiger partial charge in [0.05, 0.1) is 17.1 Å². The Kier molecular flexibility index (Phi) is 8.90. The van der Waals surface area contributed by atoms with Crippen molar-refractivity contribution in [3.8, 4) is 11.5 Å². The number of hydrogen-bond donors (Lipinski definition) is 2. The van der Waals surface area contributed by atoms with Gasteiger partial charge >= 0.3 is 0 Å². The number of nitrogens with zero attached hydrogens (tertiary/aromatic N) is 1. The van der Waals surface area contributed by atoms with E-state index in [0.29, 0.717) is 29.3 Å². The van der Waals surface area contributed by atoms with E-state index >= 15 is 0 Å². The highest BCUT2D eigenvalue weighted by Gasteiger charge is 2.34. The molecule has 2 amide bonds. The van der Waals surface area contributed by atoms with Gasteiger partial charge < -0.3 is 19.7 Å². The van der Waals surface area contributed by atoms with Gasteiger partial charge in [-0.25, -0.2) is 13.1 Å². The predicted molar refractivity (Wildman–Crippen MR) is 155 cm³/mol. The summed E-state index contributed by atoms with van der Waals surface area (Å²) in [6.45, 7) is 1.83. The highest BCUT2D eigenvalue weighted by Crippen LogP contribution is 2.33. The van der Waals surface area contributed by atoms with Crippen molar-refractivity contribution in [3.63, 3.8) is 0 Å². The van der Waals surface area contributed by atoms with E-state index in [-0.39, 0.29) is 35.9 Å². The average Bonchev–Trinajstić information content (AvgIpc) is 2.99. The lowest BCUT2D eigenvalue weighted by Crippen LogP contribution is -2.51. The van der Waals surface area contributed by atoms with Gasteiger partial charge in [0.1, 0.15) is 11.5 Å². The Morgan fingerprint density at radius 1 is 0.976 bits per heavy atom. The summed E-state index contributed by atoms with van der Waals surface area (Å²) in [6.07, 6.45) is 4.00. The van der Waals surface area contributed by atoms with Crippen LogP contribution in [0.4, 0.5) is 5.69 Å². The quantitative estimate of drug-likeness (QED) is 0.396. The zero-order valence-electron chi connectivity index (χ0n) is 23.0. The number of rotatable bonds is 9. The summed E-state index contributed by atoms with van der Waals surface area (Å²) in [5.41, 5.74) is 2.11. The number of hydrogen-bond acceptors (Lipinski definition) is 6. The van der Waals surface area contributed by atoms with Crippen molar-refractivity contribution < 1.29 is 27.5 Å². The molecule has 3 aromatic carbocycles. The van der Waals surface area contributed by atoms with Crippen molar-refractivity contribution in [2.75, 3.05) is 18.1 Å². The second-order valence-corrected chi connectivity index (χ2v) is 12.2. The van der Waals surface area contributed by atoms with Gasteiger partial charge in [-0.15, -0.1) is 0 Å². The Bertz CT molecular complexity index is 1490. The molecule has 0 unspecified atom stereocenters. The summed E-state index contributed by atoms with van der Waals surface area (Å²) in [5, 5.41) is 2.88. The number of para-hydroxylation sites is 2. The molecule has 0 radical (unpaired) electrons. The van der Waals surface area contributed by atoms with E-state index in [1.807, 2.05) is 30.3 Å². The van der Waals surface area contributed by atoms with Crippen molar-refractivity contribution in [2.45, 2.75) is 62.6 Å². The van der Waals surface area contributed by atoms with Gasteiger partial charge in [0.2, 0.25) is 10.0 Å². The molecule has 0 aromatic heterocycles. The summed E-state index contributed by atoms with van der Waals surface area (Å²) in [6, 6.07) is 21.2. The molecule has 1 aliphatic heterocycles. The summed E-state index contributed by atoms with van der Waals surface area (Å²) in [7, 11) is -3.65. The van der Waals surface area contributed by atoms with E-state index in [0.717, 1.165) is 37.7 Å². The minimum absolute atomic E-state index is 0.0306. The van der Waals surface area contributed by atoms with Crippen molar-refractivity contribution in [1.82, 2.24) is 10.0 Å². The van der Waals surface area contributed by atoms with Crippen LogP contribution in [0.25, 0.3) is 0 Å². The highest BCUT2D eigenvalue weighted by molar-refractivity contribution is 7.89. The first kappa shape index (κ1) is 28.6. The van der Waals surface area contributed by atoms with Crippen LogP contribution in [-0.2, 0) is 26.2 Å². The van der Waals surface area contributed by atoms with E-state index in [1.54, 1.807) is 43.3 Å². The van der Waals surface area contributed by atoms with Crippen LogP contribution >= 0.6 is 0 Å². The standard InChI is InChI=1S/C31H35N3O6S/c1-22-18-25(41(37,38)33-24-12-6-3-7-13-24)16-17-27(22)39-21-30(35)34-20-29(40-28-15-9-8-14-26(28)34)31(36)32-19-23-10-4-2-5-11-23/h2,4-5,8-11,14-18,24,29,33H,3,6-7,12-13,19-21H2,1H3,(H,32,36)/t29-/m1/s1. The number of ether oxygens (including phenoxy) is 2. The first-order chi connectivity index (χ1) is 19.8. The lowest BCUT2D eigenvalue weighted by atomic mass is 9.96. The molecule has 10 heteroatoms. The molecule has 1 fully saturated rings. The van der Waals surface area contributed by atoms with Gasteiger partial charge in [-0.3, -0.25) is 9.59 Å². The molecule has 1 atom stereocenters. The van der Waals surface area contributed by atoms with Gasteiger partial charge in [0.25, 0.3) is 11.8 Å². The molecule has 41 heavy (non-hydrogen) atoms. The molecule has 0 bridgehead atoms. The van der Waals surface area contributed by atoms with Crippen LogP contribution in [0.15, 0.2) is 77.7 Å². The smallest absolute Gasteiger partial charge is 0.265 e. The molecule has 1 saturated carbocycles. The average molecular weight is 578 g/mol. The van der Waals surface area contributed by atoms with Crippen LogP contribution in [-0.4, -0.2) is 45.5 Å². The molecule has 2 aliphatic rings. The normalized spacial score (nSPS) is 17.3. The van der Waals surface area contributed by atoms with Gasteiger partial charge in [-0.1, -0.05) is 61.7 Å². The van der Waals surface area contributed by atoms with Gasteiger partial charge in [0.15, 0.2) is 12.7 Å². The maximum atomic E-state index is 13.3. The number of anilines is 1. The number of carbonyl (C=O) groups is 2. The topological polar surface area (TPSA) is 114 Å². The fraction of sp³-hybridized carbons (Fsp3) is 0.355. The second kappa shape index (κ2) is 12.7. The van der Waals surface area contributed by atoms with Crippen LogP contribution < -0.4 is 24.4 Å². The van der Waals surface area contributed by atoms with Crippen LogP contribution in [0.3, 0.4) is 0 Å². The molecule has 0 spiro atoms. The highest BCUT2D eigenvalue weighted by atomic mass is 32.2. The Labute approximate surface area is 240 Å². The summed E-state index contributed by atoms with van der Waals surface area (Å²) in [4.78, 5) is 28.0. The molecule has 5 rings (SSSR count). The van der Waals surface area contributed by atoms with Crippen LogP contribution in [0.1, 0.15) is 43.2 Å². The number of fused-ring (bicyclic) bond motifs is 1. The predicted octanol–water partition coefficient (Wildman–Crippen LogP) is 4.10. The number of carbonyl (C=O) groups excluding carboxylic acids is 2. The number of sulfonamides is 1.